The molecule has 1 aliphatic rings. The Morgan fingerprint density at radius 2 is 2.13 bits per heavy atom. The number of nitrogens with zero attached hydrogens (tertiary/aromatic N) is 1. The van der Waals surface area contributed by atoms with Crippen LogP contribution in [0.4, 0.5) is 10.1 Å². The van der Waals surface area contributed by atoms with Gasteiger partial charge in [-0.05, 0) is 6.07 Å². The number of hydrogen-bond acceptors (Lipinski definition) is 5. The van der Waals surface area contributed by atoms with Crippen LogP contribution in [0.3, 0.4) is 0 Å². The molecular formula is C14H13Cl2FN2O4. The largest absolute Gasteiger partial charge is 0.466 e. The highest BCUT2D eigenvalue weighted by molar-refractivity contribution is 6.36. The molecule has 0 unspecified atom stereocenters. The Morgan fingerprint density at radius 1 is 1.43 bits per heavy atom. The molecule has 1 heterocycles. The molecule has 0 spiro atoms. The smallest absolute Gasteiger partial charge is 0.337 e. The molecule has 0 aromatic heterocycles. The van der Waals surface area contributed by atoms with Gasteiger partial charge in [0.1, 0.15) is 11.5 Å². The Labute approximate surface area is 141 Å². The van der Waals surface area contributed by atoms with E-state index in [1.165, 1.54) is 18.1 Å². The van der Waals surface area contributed by atoms with Gasteiger partial charge in [-0.1, -0.05) is 23.2 Å². The fourth-order valence-corrected chi connectivity index (χ4v) is 2.53. The zero-order valence-electron chi connectivity index (χ0n) is 12.0. The Hall–Kier alpha value is -1.83. The summed E-state index contributed by atoms with van der Waals surface area (Å²) in [4.78, 5) is 25.4. The van der Waals surface area contributed by atoms with Crippen molar-refractivity contribution < 1.29 is 23.8 Å². The minimum Gasteiger partial charge on any atom is -0.466 e. The molecule has 1 aromatic rings. The first-order valence-corrected chi connectivity index (χ1v) is 7.27. The fraction of sp³-hybridized carbons (Fsp3) is 0.286. The number of hydrogen-bond donors (Lipinski definition) is 2. The van der Waals surface area contributed by atoms with E-state index in [2.05, 4.69) is 10.1 Å². The molecule has 1 amide bonds. The van der Waals surface area contributed by atoms with Crippen LogP contribution in [0, 0.1) is 5.82 Å². The fourth-order valence-electron chi connectivity index (χ4n) is 2.10. The van der Waals surface area contributed by atoms with Gasteiger partial charge in [-0.3, -0.25) is 4.79 Å². The SMILES string of the molecule is COC(=O)C1=C(Nc2cc(F)c(Cl)cc2Cl)C(=O)N(CCO)C1. The number of benzene rings is 1. The molecule has 2 rings (SSSR count). The van der Waals surface area contributed by atoms with Gasteiger partial charge in [0.2, 0.25) is 0 Å². The van der Waals surface area contributed by atoms with E-state index in [-0.39, 0.29) is 46.7 Å². The van der Waals surface area contributed by atoms with Gasteiger partial charge in [-0.25, -0.2) is 9.18 Å². The first kappa shape index (κ1) is 17.5. The zero-order valence-corrected chi connectivity index (χ0v) is 13.5. The maximum absolute atomic E-state index is 13.6. The van der Waals surface area contributed by atoms with Crippen molar-refractivity contribution in [1.82, 2.24) is 4.90 Å². The molecule has 0 saturated carbocycles. The maximum atomic E-state index is 13.6. The van der Waals surface area contributed by atoms with E-state index in [0.29, 0.717) is 0 Å². The quantitative estimate of drug-likeness (QED) is 0.616. The number of halogens is 3. The third-order valence-corrected chi connectivity index (χ3v) is 3.83. The van der Waals surface area contributed by atoms with Crippen LogP contribution in [-0.2, 0) is 14.3 Å². The van der Waals surface area contributed by atoms with Crippen molar-refractivity contribution >= 4 is 40.8 Å². The van der Waals surface area contributed by atoms with E-state index in [9.17, 15) is 14.0 Å². The van der Waals surface area contributed by atoms with Gasteiger partial charge < -0.3 is 20.1 Å². The summed E-state index contributed by atoms with van der Waals surface area (Å²) in [5.74, 6) is -1.95. The molecule has 6 nitrogen and oxygen atoms in total. The first-order chi connectivity index (χ1) is 10.9. The summed E-state index contributed by atoms with van der Waals surface area (Å²) in [6, 6.07) is 2.21. The summed E-state index contributed by atoms with van der Waals surface area (Å²) < 4.78 is 18.2. The van der Waals surface area contributed by atoms with Crippen LogP contribution >= 0.6 is 23.2 Å². The molecule has 1 aromatic carbocycles. The molecule has 0 radical (unpaired) electrons. The number of rotatable bonds is 5. The van der Waals surface area contributed by atoms with Crippen molar-refractivity contribution in [2.75, 3.05) is 32.1 Å². The molecule has 1 aliphatic heterocycles. The molecule has 0 saturated heterocycles. The van der Waals surface area contributed by atoms with Crippen LogP contribution in [0.15, 0.2) is 23.4 Å². The van der Waals surface area contributed by atoms with Crippen LogP contribution in [0.2, 0.25) is 10.0 Å². The number of aliphatic hydroxyl groups excluding tert-OH is 1. The number of carbonyl (C=O) groups excluding carboxylic acids is 2. The molecule has 23 heavy (non-hydrogen) atoms. The molecule has 124 valence electrons. The van der Waals surface area contributed by atoms with Gasteiger partial charge in [0.05, 0.1) is 41.6 Å². The minimum absolute atomic E-state index is 0.0257. The second kappa shape index (κ2) is 7.16. The van der Waals surface area contributed by atoms with Crippen LogP contribution in [0.25, 0.3) is 0 Å². The highest BCUT2D eigenvalue weighted by Gasteiger charge is 2.34. The summed E-state index contributed by atoms with van der Waals surface area (Å²) in [6.07, 6.45) is 0. The molecule has 2 N–H and O–H groups in total. The van der Waals surface area contributed by atoms with Gasteiger partial charge in [-0.2, -0.15) is 0 Å². The van der Waals surface area contributed by atoms with Crippen molar-refractivity contribution in [3.8, 4) is 0 Å². The van der Waals surface area contributed by atoms with E-state index in [1.54, 1.807) is 0 Å². The van der Waals surface area contributed by atoms with E-state index in [4.69, 9.17) is 28.3 Å². The van der Waals surface area contributed by atoms with Crippen molar-refractivity contribution in [3.05, 3.63) is 39.3 Å². The Balaban J connectivity index is 2.39. The molecule has 0 fully saturated rings. The number of esters is 1. The monoisotopic (exact) mass is 362 g/mol. The number of anilines is 1. The second-order valence-electron chi connectivity index (χ2n) is 4.67. The summed E-state index contributed by atoms with van der Waals surface area (Å²) in [7, 11) is 1.18. The number of methoxy groups -OCH3 is 1. The maximum Gasteiger partial charge on any atom is 0.337 e. The lowest BCUT2D eigenvalue weighted by Crippen LogP contribution is -2.31. The zero-order chi connectivity index (χ0) is 17.1. The number of ether oxygens (including phenoxy) is 1. The molecule has 0 atom stereocenters. The normalized spacial score (nSPS) is 14.5. The van der Waals surface area contributed by atoms with Crippen molar-refractivity contribution in [3.63, 3.8) is 0 Å². The van der Waals surface area contributed by atoms with Gasteiger partial charge in [0.25, 0.3) is 5.91 Å². The van der Waals surface area contributed by atoms with Crippen LogP contribution < -0.4 is 5.32 Å². The van der Waals surface area contributed by atoms with Crippen LogP contribution in [-0.4, -0.2) is 48.7 Å². The third kappa shape index (κ3) is 3.57. The summed E-state index contributed by atoms with van der Waals surface area (Å²) in [5.41, 5.74) is 0.0791. The predicted molar refractivity (Wildman–Crippen MR) is 82.8 cm³/mol. The third-order valence-electron chi connectivity index (χ3n) is 3.22. The number of carbonyl (C=O) groups is 2. The van der Waals surface area contributed by atoms with Gasteiger partial charge in [0, 0.05) is 12.6 Å². The molecule has 9 heteroatoms. The topological polar surface area (TPSA) is 78.9 Å². The highest BCUT2D eigenvalue weighted by atomic mass is 35.5. The van der Waals surface area contributed by atoms with E-state index >= 15 is 0 Å². The molecule has 0 aliphatic carbocycles. The summed E-state index contributed by atoms with van der Waals surface area (Å²) in [6.45, 7) is -0.237. The molecular weight excluding hydrogens is 350 g/mol. The number of β-amino-alcohol motifs (C(OH)–C–C–N with tert-alkyl or cyclic N) is 1. The summed E-state index contributed by atoms with van der Waals surface area (Å²) >= 11 is 11.6. The van der Waals surface area contributed by atoms with Crippen molar-refractivity contribution in [2.45, 2.75) is 0 Å². The predicted octanol–water partition coefficient (Wildman–Crippen LogP) is 1.81. The van der Waals surface area contributed by atoms with Crippen LogP contribution in [0.1, 0.15) is 0 Å². The first-order valence-electron chi connectivity index (χ1n) is 6.52. The Kier molecular flexibility index (Phi) is 5.46. The minimum atomic E-state index is -0.726. The van der Waals surface area contributed by atoms with E-state index in [0.717, 1.165) is 6.07 Å². The number of amides is 1. The van der Waals surface area contributed by atoms with Gasteiger partial charge in [0.15, 0.2) is 0 Å². The van der Waals surface area contributed by atoms with Gasteiger partial charge >= 0.3 is 5.97 Å². The van der Waals surface area contributed by atoms with Crippen LogP contribution in [0.5, 0.6) is 0 Å². The average molecular weight is 363 g/mol. The van der Waals surface area contributed by atoms with Gasteiger partial charge in [-0.15, -0.1) is 0 Å². The van der Waals surface area contributed by atoms with Crippen molar-refractivity contribution in [2.24, 2.45) is 0 Å². The lowest BCUT2D eigenvalue weighted by Gasteiger charge is -2.15. The van der Waals surface area contributed by atoms with Crippen molar-refractivity contribution in [1.29, 1.82) is 0 Å². The average Bonchev–Trinajstić information content (AvgIpc) is 2.81. The Bertz CT molecular complexity index is 694. The second-order valence-corrected chi connectivity index (χ2v) is 5.48. The van der Waals surface area contributed by atoms with E-state index < -0.39 is 17.7 Å². The highest BCUT2D eigenvalue weighted by Crippen LogP contribution is 2.31. The number of aliphatic hydroxyl groups is 1. The summed E-state index contributed by atoms with van der Waals surface area (Å²) in [5, 5.41) is 11.6. The Morgan fingerprint density at radius 3 is 2.74 bits per heavy atom. The molecule has 0 bridgehead atoms. The lowest BCUT2D eigenvalue weighted by atomic mass is 10.2. The van der Waals surface area contributed by atoms with E-state index in [1.807, 2.05) is 0 Å². The lowest BCUT2D eigenvalue weighted by molar-refractivity contribution is -0.136. The standard InChI is InChI=1S/C14H13Cl2FN2O4/c1-23-14(22)7-6-19(2-3-20)13(21)12(7)18-11-5-10(17)8(15)4-9(11)16/h4-5,18,20H,2-3,6H2,1H3. The number of nitrogens with one attached hydrogen (secondary N) is 1.